The fourth-order valence-electron chi connectivity index (χ4n) is 3.19. The predicted molar refractivity (Wildman–Crippen MR) is 100 cm³/mol. The van der Waals surface area contributed by atoms with Gasteiger partial charge in [-0.25, -0.2) is 9.59 Å². The van der Waals surface area contributed by atoms with Gasteiger partial charge < -0.3 is 20.0 Å². The molecule has 2 aromatic rings. The Balaban J connectivity index is 2.01. The van der Waals surface area contributed by atoms with Gasteiger partial charge in [0.25, 0.3) is 0 Å². The summed E-state index contributed by atoms with van der Waals surface area (Å²) in [5, 5.41) is 5.73. The van der Waals surface area contributed by atoms with Crippen LogP contribution in [0.3, 0.4) is 0 Å². The molecule has 1 aromatic carbocycles. The minimum atomic E-state index is -0.421. The lowest BCUT2D eigenvalue weighted by molar-refractivity contribution is 0.193. The van der Waals surface area contributed by atoms with E-state index in [2.05, 4.69) is 29.4 Å². The van der Waals surface area contributed by atoms with Crippen molar-refractivity contribution in [3.8, 4) is 0 Å². The molecule has 0 radical (unpaired) electrons. The van der Waals surface area contributed by atoms with E-state index in [-0.39, 0.29) is 12.1 Å². The normalized spacial score (nSPS) is 12.8. The van der Waals surface area contributed by atoms with Gasteiger partial charge in [-0.05, 0) is 32.1 Å². The van der Waals surface area contributed by atoms with Crippen molar-refractivity contribution < 1.29 is 9.21 Å². The van der Waals surface area contributed by atoms with Crippen molar-refractivity contribution >= 4 is 22.8 Å². The minimum Gasteiger partial charge on any atom is -0.408 e. The maximum atomic E-state index is 12.2. The zero-order chi connectivity index (χ0) is 18.6. The number of hydrogen-bond donors (Lipinski definition) is 2. The molecule has 1 atom stereocenters. The van der Waals surface area contributed by atoms with Crippen LogP contribution in [-0.4, -0.2) is 42.2 Å². The summed E-state index contributed by atoms with van der Waals surface area (Å²) < 4.78 is 6.57. The van der Waals surface area contributed by atoms with E-state index in [1.54, 1.807) is 25.2 Å². The second-order valence-corrected chi connectivity index (χ2v) is 6.55. The van der Waals surface area contributed by atoms with Crippen LogP contribution in [-0.2, 0) is 7.05 Å². The summed E-state index contributed by atoms with van der Waals surface area (Å²) in [6.45, 7) is 4.93. The van der Waals surface area contributed by atoms with Gasteiger partial charge in [-0.1, -0.05) is 26.7 Å². The molecular weight excluding hydrogens is 320 g/mol. The molecule has 0 unspecified atom stereocenters. The average Bonchev–Trinajstić information content (AvgIpc) is 2.85. The number of rotatable bonds is 7. The summed E-state index contributed by atoms with van der Waals surface area (Å²) in [7, 11) is 5.72. The Bertz CT molecular complexity index is 774. The second-order valence-electron chi connectivity index (χ2n) is 6.55. The third-order valence-electron chi connectivity index (χ3n) is 4.78. The predicted octanol–water partition coefficient (Wildman–Crippen LogP) is 2.62. The summed E-state index contributed by atoms with van der Waals surface area (Å²) >= 11 is 0. The maximum absolute atomic E-state index is 12.2. The van der Waals surface area contributed by atoms with E-state index < -0.39 is 5.76 Å². The number of carbonyl (C=O) groups is 1. The summed E-state index contributed by atoms with van der Waals surface area (Å²) in [5.74, 6) is 0.112. The zero-order valence-electron chi connectivity index (χ0n) is 15.6. The van der Waals surface area contributed by atoms with Crippen molar-refractivity contribution in [1.29, 1.82) is 0 Å². The van der Waals surface area contributed by atoms with Crippen molar-refractivity contribution in [2.45, 2.75) is 32.7 Å². The van der Waals surface area contributed by atoms with E-state index in [9.17, 15) is 9.59 Å². The highest BCUT2D eigenvalue weighted by Gasteiger charge is 2.21. The summed E-state index contributed by atoms with van der Waals surface area (Å²) in [4.78, 5) is 25.9. The van der Waals surface area contributed by atoms with E-state index in [0.29, 0.717) is 29.2 Å². The van der Waals surface area contributed by atoms with Crippen molar-refractivity contribution in [2.24, 2.45) is 13.0 Å². The first kappa shape index (κ1) is 19.1. The molecule has 2 rings (SSSR count). The quantitative estimate of drug-likeness (QED) is 0.806. The highest BCUT2D eigenvalue weighted by molar-refractivity contribution is 5.91. The number of hydrogen-bond acceptors (Lipinski definition) is 4. The molecule has 0 saturated heterocycles. The van der Waals surface area contributed by atoms with Crippen molar-refractivity contribution in [2.75, 3.05) is 26.0 Å². The first-order valence-corrected chi connectivity index (χ1v) is 8.68. The third-order valence-corrected chi connectivity index (χ3v) is 4.78. The standard InChI is InChI=1S/C18H28N4O3/c1-6-12(7-2)15(21(3)4)11-19-17(23)20-13-8-9-14-16(10-13)25-18(24)22(14)5/h8-10,12,15H,6-7,11H2,1-5H3,(H2,19,20,23)/t15-/m1/s1. The molecule has 2 N–H and O–H groups in total. The summed E-state index contributed by atoms with van der Waals surface area (Å²) in [6.07, 6.45) is 2.15. The second kappa shape index (κ2) is 8.20. The Morgan fingerprint density at radius 2 is 1.96 bits per heavy atom. The van der Waals surface area contributed by atoms with Crippen LogP contribution >= 0.6 is 0 Å². The van der Waals surface area contributed by atoms with Gasteiger partial charge in [0.15, 0.2) is 5.58 Å². The molecular formula is C18H28N4O3. The Kier molecular flexibility index (Phi) is 6.25. The lowest BCUT2D eigenvalue weighted by Gasteiger charge is -2.31. The average molecular weight is 348 g/mol. The van der Waals surface area contributed by atoms with Crippen molar-refractivity contribution in [3.63, 3.8) is 0 Å². The van der Waals surface area contributed by atoms with E-state index in [1.807, 2.05) is 14.1 Å². The number of aryl methyl sites for hydroxylation is 1. The largest absolute Gasteiger partial charge is 0.419 e. The number of carbonyl (C=O) groups excluding carboxylic acids is 1. The Morgan fingerprint density at radius 3 is 2.56 bits per heavy atom. The number of oxazole rings is 1. The van der Waals surface area contributed by atoms with Gasteiger partial charge in [-0.2, -0.15) is 0 Å². The number of aromatic nitrogens is 1. The molecule has 0 fully saturated rings. The molecule has 138 valence electrons. The van der Waals surface area contributed by atoms with Crippen molar-refractivity contribution in [3.05, 3.63) is 28.7 Å². The molecule has 0 bridgehead atoms. The van der Waals surface area contributed by atoms with Crippen LogP contribution in [0.15, 0.2) is 27.4 Å². The molecule has 0 aliphatic carbocycles. The smallest absolute Gasteiger partial charge is 0.408 e. The lowest BCUT2D eigenvalue weighted by atomic mass is 9.93. The van der Waals surface area contributed by atoms with E-state index >= 15 is 0 Å². The first-order chi connectivity index (χ1) is 11.9. The molecule has 0 aliphatic rings. The third kappa shape index (κ3) is 4.42. The maximum Gasteiger partial charge on any atom is 0.419 e. The molecule has 0 spiro atoms. The van der Waals surface area contributed by atoms with Gasteiger partial charge in [0, 0.05) is 31.4 Å². The van der Waals surface area contributed by atoms with Gasteiger partial charge in [0.05, 0.1) is 5.52 Å². The molecule has 0 saturated carbocycles. The lowest BCUT2D eigenvalue weighted by Crippen LogP contribution is -2.45. The number of urea groups is 1. The number of nitrogens with one attached hydrogen (secondary N) is 2. The van der Waals surface area contributed by atoms with Crippen LogP contribution in [0.5, 0.6) is 0 Å². The van der Waals surface area contributed by atoms with Crippen LogP contribution in [0, 0.1) is 5.92 Å². The highest BCUT2D eigenvalue weighted by atomic mass is 16.4. The number of benzene rings is 1. The number of amides is 2. The summed E-state index contributed by atoms with van der Waals surface area (Å²) in [6, 6.07) is 5.18. The fraction of sp³-hybridized carbons (Fsp3) is 0.556. The number of nitrogens with zero attached hydrogens (tertiary/aromatic N) is 2. The number of likely N-dealkylation sites (N-methyl/N-ethyl adjacent to an activating group) is 1. The van der Waals surface area contributed by atoms with Gasteiger partial charge >= 0.3 is 11.8 Å². The van der Waals surface area contributed by atoms with Gasteiger partial charge in [0.2, 0.25) is 0 Å². The Hall–Kier alpha value is -2.28. The number of fused-ring (bicyclic) bond motifs is 1. The van der Waals surface area contributed by atoms with Crippen LogP contribution in [0.25, 0.3) is 11.1 Å². The Labute approximate surface area is 148 Å². The SMILES string of the molecule is CCC(CC)[C@@H](CNC(=O)Nc1ccc2c(c1)oc(=O)n2C)N(C)C. The van der Waals surface area contributed by atoms with E-state index in [0.717, 1.165) is 12.8 Å². The van der Waals surface area contributed by atoms with E-state index in [4.69, 9.17) is 4.42 Å². The van der Waals surface area contributed by atoms with Gasteiger partial charge in [-0.15, -0.1) is 0 Å². The molecule has 7 heteroatoms. The summed E-state index contributed by atoms with van der Waals surface area (Å²) in [5.41, 5.74) is 1.73. The molecule has 25 heavy (non-hydrogen) atoms. The molecule has 7 nitrogen and oxygen atoms in total. The van der Waals surface area contributed by atoms with Gasteiger partial charge in [0.1, 0.15) is 0 Å². The fourth-order valence-corrected chi connectivity index (χ4v) is 3.19. The molecule has 0 aliphatic heterocycles. The molecule has 1 heterocycles. The first-order valence-electron chi connectivity index (χ1n) is 8.68. The van der Waals surface area contributed by atoms with Gasteiger partial charge in [-0.3, -0.25) is 4.57 Å². The highest BCUT2D eigenvalue weighted by Crippen LogP contribution is 2.18. The van der Waals surface area contributed by atoms with Crippen molar-refractivity contribution in [1.82, 2.24) is 14.8 Å². The van der Waals surface area contributed by atoms with E-state index in [1.165, 1.54) is 4.57 Å². The van der Waals surface area contributed by atoms with Crippen LogP contribution < -0.4 is 16.4 Å². The van der Waals surface area contributed by atoms with Crippen LogP contribution in [0.4, 0.5) is 10.5 Å². The monoisotopic (exact) mass is 348 g/mol. The molecule has 1 aromatic heterocycles. The number of anilines is 1. The van der Waals surface area contributed by atoms with Crippen LogP contribution in [0.2, 0.25) is 0 Å². The van der Waals surface area contributed by atoms with Crippen LogP contribution in [0.1, 0.15) is 26.7 Å². The Morgan fingerprint density at radius 1 is 1.28 bits per heavy atom. The zero-order valence-corrected chi connectivity index (χ0v) is 15.6. The molecule has 2 amide bonds. The topological polar surface area (TPSA) is 79.5 Å². The minimum absolute atomic E-state index is 0.268.